The van der Waals surface area contributed by atoms with Crippen LogP contribution >= 0.6 is 0 Å². The summed E-state index contributed by atoms with van der Waals surface area (Å²) >= 11 is 0. The first kappa shape index (κ1) is 21.4. The van der Waals surface area contributed by atoms with Crippen LogP contribution in [0.3, 0.4) is 0 Å². The molecule has 0 radical (unpaired) electrons. The largest absolute Gasteiger partial charge is 0.355 e. The Morgan fingerprint density at radius 3 is 2.37 bits per heavy atom. The third-order valence-electron chi connectivity index (χ3n) is 5.44. The Balaban J connectivity index is 1.80. The molecular weight excluding hydrogens is 338 g/mol. The Bertz CT molecular complexity index is 605. The van der Waals surface area contributed by atoms with Gasteiger partial charge in [-0.05, 0) is 71.7 Å². The van der Waals surface area contributed by atoms with Gasteiger partial charge in [0.15, 0.2) is 0 Å². The van der Waals surface area contributed by atoms with E-state index < -0.39 is 5.41 Å². The first-order chi connectivity index (χ1) is 12.8. The van der Waals surface area contributed by atoms with Gasteiger partial charge in [0.1, 0.15) is 5.41 Å². The summed E-state index contributed by atoms with van der Waals surface area (Å²) in [6.07, 6.45) is 3.95. The molecule has 0 atom stereocenters. The lowest BCUT2D eigenvalue weighted by Gasteiger charge is -2.36. The van der Waals surface area contributed by atoms with E-state index in [-0.39, 0.29) is 11.8 Å². The van der Waals surface area contributed by atoms with Crippen LogP contribution in [0.2, 0.25) is 0 Å². The number of benzene rings is 1. The van der Waals surface area contributed by atoms with E-state index in [2.05, 4.69) is 34.5 Å². The molecule has 5 heteroatoms. The predicted molar refractivity (Wildman–Crippen MR) is 109 cm³/mol. The standard InChI is InChI=1S/C22H35N3O2/c1-22(2,20(26)23-13-8-14-24(3)4)21(27)25-15-11-19(12-16-25)17-18-9-6-5-7-10-18/h5-7,9-10,19H,8,11-17H2,1-4H3,(H,23,26). The summed E-state index contributed by atoms with van der Waals surface area (Å²) in [4.78, 5) is 29.4. The lowest BCUT2D eigenvalue weighted by molar-refractivity contribution is -0.149. The first-order valence-corrected chi connectivity index (χ1v) is 10.1. The third-order valence-corrected chi connectivity index (χ3v) is 5.44. The molecule has 0 aromatic heterocycles. The third kappa shape index (κ3) is 6.35. The fraction of sp³-hybridized carbons (Fsp3) is 0.636. The number of hydrogen-bond donors (Lipinski definition) is 1. The van der Waals surface area contributed by atoms with Gasteiger partial charge >= 0.3 is 0 Å². The van der Waals surface area contributed by atoms with Crippen LogP contribution in [0.15, 0.2) is 30.3 Å². The minimum absolute atomic E-state index is 0.0502. The number of hydrogen-bond acceptors (Lipinski definition) is 3. The molecule has 0 unspecified atom stereocenters. The van der Waals surface area contributed by atoms with Gasteiger partial charge in [0.05, 0.1) is 0 Å². The van der Waals surface area contributed by atoms with Crippen LogP contribution in [0.25, 0.3) is 0 Å². The number of nitrogens with one attached hydrogen (secondary N) is 1. The number of carbonyl (C=O) groups is 2. The number of carbonyl (C=O) groups excluding carboxylic acids is 2. The maximum Gasteiger partial charge on any atom is 0.237 e. The normalized spacial score (nSPS) is 15.8. The number of rotatable bonds is 8. The average molecular weight is 374 g/mol. The number of likely N-dealkylation sites (tertiary alicyclic amines) is 1. The predicted octanol–water partition coefficient (Wildman–Crippen LogP) is 2.56. The number of nitrogens with zero attached hydrogens (tertiary/aromatic N) is 2. The molecular formula is C22H35N3O2. The van der Waals surface area contributed by atoms with E-state index >= 15 is 0 Å². The SMILES string of the molecule is CN(C)CCCNC(=O)C(C)(C)C(=O)N1CCC(Cc2ccccc2)CC1. The minimum Gasteiger partial charge on any atom is -0.355 e. The van der Waals surface area contributed by atoms with Crippen molar-refractivity contribution in [1.29, 1.82) is 0 Å². The zero-order chi connectivity index (χ0) is 19.9. The Kier molecular flexibility index (Phi) is 7.84. The second kappa shape index (κ2) is 9.88. The molecule has 1 aromatic rings. The van der Waals surface area contributed by atoms with E-state index in [4.69, 9.17) is 0 Å². The number of piperidine rings is 1. The van der Waals surface area contributed by atoms with Crippen LogP contribution in [-0.2, 0) is 16.0 Å². The van der Waals surface area contributed by atoms with Gasteiger partial charge in [-0.2, -0.15) is 0 Å². The molecule has 1 aromatic carbocycles. The summed E-state index contributed by atoms with van der Waals surface area (Å²) in [5, 5.41) is 2.93. The molecule has 1 heterocycles. The van der Waals surface area contributed by atoms with Crippen LogP contribution in [0.5, 0.6) is 0 Å². The average Bonchev–Trinajstić information content (AvgIpc) is 2.65. The molecule has 5 nitrogen and oxygen atoms in total. The molecule has 0 bridgehead atoms. The van der Waals surface area contributed by atoms with Gasteiger partial charge in [0.25, 0.3) is 0 Å². The summed E-state index contributed by atoms with van der Waals surface area (Å²) in [7, 11) is 4.02. The van der Waals surface area contributed by atoms with E-state index in [1.165, 1.54) is 5.56 Å². The van der Waals surface area contributed by atoms with Crippen LogP contribution in [-0.4, -0.2) is 61.9 Å². The molecule has 27 heavy (non-hydrogen) atoms. The first-order valence-electron chi connectivity index (χ1n) is 10.1. The van der Waals surface area contributed by atoms with Crippen LogP contribution in [0.1, 0.15) is 38.7 Å². The van der Waals surface area contributed by atoms with E-state index in [0.717, 1.165) is 45.3 Å². The van der Waals surface area contributed by atoms with Crippen molar-refractivity contribution in [2.45, 2.75) is 39.5 Å². The second-order valence-corrected chi connectivity index (χ2v) is 8.46. The molecule has 1 aliphatic heterocycles. The maximum absolute atomic E-state index is 12.9. The fourth-order valence-electron chi connectivity index (χ4n) is 3.60. The molecule has 2 amide bonds. The van der Waals surface area contributed by atoms with Crippen LogP contribution in [0.4, 0.5) is 0 Å². The topological polar surface area (TPSA) is 52.7 Å². The van der Waals surface area contributed by atoms with Gasteiger partial charge in [0, 0.05) is 19.6 Å². The summed E-state index contributed by atoms with van der Waals surface area (Å²) in [6, 6.07) is 10.5. The molecule has 2 rings (SSSR count). The molecule has 0 saturated carbocycles. The molecule has 150 valence electrons. The highest BCUT2D eigenvalue weighted by Crippen LogP contribution is 2.26. The Labute approximate surface area is 164 Å². The molecule has 1 N–H and O–H groups in total. The molecule has 0 aliphatic carbocycles. The molecule has 1 fully saturated rings. The lowest BCUT2D eigenvalue weighted by Crippen LogP contribution is -2.51. The Morgan fingerprint density at radius 2 is 1.78 bits per heavy atom. The summed E-state index contributed by atoms with van der Waals surface area (Å²) < 4.78 is 0. The van der Waals surface area contributed by atoms with Gasteiger partial charge in [0.2, 0.25) is 11.8 Å². The molecule has 0 spiro atoms. The van der Waals surface area contributed by atoms with Gasteiger partial charge in [-0.25, -0.2) is 0 Å². The van der Waals surface area contributed by atoms with Gasteiger partial charge < -0.3 is 15.1 Å². The highest BCUT2D eigenvalue weighted by Gasteiger charge is 2.39. The van der Waals surface area contributed by atoms with Gasteiger partial charge in [-0.1, -0.05) is 30.3 Å². The highest BCUT2D eigenvalue weighted by atomic mass is 16.2. The molecule has 1 aliphatic rings. The van der Waals surface area contributed by atoms with Crippen molar-refractivity contribution in [3.05, 3.63) is 35.9 Å². The highest BCUT2D eigenvalue weighted by molar-refractivity contribution is 6.04. The van der Waals surface area contributed by atoms with Crippen molar-refractivity contribution < 1.29 is 9.59 Å². The smallest absolute Gasteiger partial charge is 0.237 e. The van der Waals surface area contributed by atoms with Crippen molar-refractivity contribution in [1.82, 2.24) is 15.1 Å². The van der Waals surface area contributed by atoms with Crippen molar-refractivity contribution in [2.24, 2.45) is 11.3 Å². The van der Waals surface area contributed by atoms with E-state index in [0.29, 0.717) is 12.5 Å². The van der Waals surface area contributed by atoms with Gasteiger partial charge in [-0.15, -0.1) is 0 Å². The zero-order valence-corrected chi connectivity index (χ0v) is 17.3. The lowest BCUT2D eigenvalue weighted by atomic mass is 9.86. The van der Waals surface area contributed by atoms with E-state index in [1.807, 2.05) is 25.1 Å². The Morgan fingerprint density at radius 1 is 1.15 bits per heavy atom. The monoisotopic (exact) mass is 373 g/mol. The zero-order valence-electron chi connectivity index (χ0n) is 17.3. The van der Waals surface area contributed by atoms with Crippen molar-refractivity contribution in [3.63, 3.8) is 0 Å². The van der Waals surface area contributed by atoms with Gasteiger partial charge in [-0.3, -0.25) is 9.59 Å². The minimum atomic E-state index is -1.01. The van der Waals surface area contributed by atoms with E-state index in [9.17, 15) is 9.59 Å². The van der Waals surface area contributed by atoms with E-state index in [1.54, 1.807) is 13.8 Å². The van der Waals surface area contributed by atoms with Crippen molar-refractivity contribution in [2.75, 3.05) is 40.3 Å². The summed E-state index contributed by atoms with van der Waals surface area (Å²) in [5.74, 6) is 0.392. The number of amides is 2. The fourth-order valence-corrected chi connectivity index (χ4v) is 3.60. The van der Waals surface area contributed by atoms with Crippen LogP contribution in [0, 0.1) is 11.3 Å². The molecule has 1 saturated heterocycles. The maximum atomic E-state index is 12.9. The van der Waals surface area contributed by atoms with Crippen molar-refractivity contribution >= 4 is 11.8 Å². The Hall–Kier alpha value is -1.88. The summed E-state index contributed by atoms with van der Waals surface area (Å²) in [5.41, 5.74) is 0.351. The second-order valence-electron chi connectivity index (χ2n) is 8.46. The summed E-state index contributed by atoms with van der Waals surface area (Å²) in [6.45, 7) is 6.50. The quantitative estimate of drug-likeness (QED) is 0.563. The van der Waals surface area contributed by atoms with Crippen LogP contribution < -0.4 is 5.32 Å². The van der Waals surface area contributed by atoms with Crippen molar-refractivity contribution in [3.8, 4) is 0 Å².